The van der Waals surface area contributed by atoms with E-state index in [-0.39, 0.29) is 6.04 Å². The van der Waals surface area contributed by atoms with Crippen molar-refractivity contribution in [1.82, 2.24) is 10.0 Å². The van der Waals surface area contributed by atoms with E-state index in [1.54, 1.807) is 6.07 Å². The Morgan fingerprint density at radius 2 is 1.86 bits per heavy atom. The highest BCUT2D eigenvalue weighted by Gasteiger charge is 2.20. The van der Waals surface area contributed by atoms with Crippen LogP contribution in [0.1, 0.15) is 50.3 Å². The fourth-order valence-electron chi connectivity index (χ4n) is 2.37. The van der Waals surface area contributed by atoms with Crippen molar-refractivity contribution in [2.45, 2.75) is 64.9 Å². The monoisotopic (exact) mass is 312 g/mol. The van der Waals surface area contributed by atoms with Crippen LogP contribution in [0, 0.1) is 13.8 Å². The molecule has 0 aromatic heterocycles. The molecule has 5 heteroatoms. The van der Waals surface area contributed by atoms with E-state index in [1.807, 2.05) is 33.8 Å². The minimum absolute atomic E-state index is 0.0443. The number of sulfonamides is 1. The Labute approximate surface area is 129 Å². The van der Waals surface area contributed by atoms with Crippen molar-refractivity contribution in [3.8, 4) is 0 Å². The quantitative estimate of drug-likeness (QED) is 0.776. The Hall–Kier alpha value is -0.910. The third kappa shape index (κ3) is 5.09. The molecule has 0 fully saturated rings. The minimum Gasteiger partial charge on any atom is -0.313 e. The van der Waals surface area contributed by atoms with Gasteiger partial charge in [0.05, 0.1) is 4.90 Å². The third-order valence-electron chi connectivity index (χ3n) is 3.63. The number of aryl methyl sites for hydroxylation is 1. The lowest BCUT2D eigenvalue weighted by Crippen LogP contribution is -2.33. The van der Waals surface area contributed by atoms with Crippen molar-refractivity contribution in [3.05, 3.63) is 28.8 Å². The van der Waals surface area contributed by atoms with Crippen molar-refractivity contribution >= 4 is 10.0 Å². The summed E-state index contributed by atoms with van der Waals surface area (Å²) < 4.78 is 27.9. The molecule has 0 aliphatic rings. The van der Waals surface area contributed by atoms with Gasteiger partial charge >= 0.3 is 0 Å². The number of hydrogen-bond donors (Lipinski definition) is 2. The SMILES string of the molecule is CCCC(C)NS(=O)(=O)c1cc(CNCC)cc(C)c1C. The van der Waals surface area contributed by atoms with E-state index in [1.165, 1.54) is 0 Å². The fourth-order valence-corrected chi connectivity index (χ4v) is 4.01. The smallest absolute Gasteiger partial charge is 0.241 e. The van der Waals surface area contributed by atoms with Crippen LogP contribution in [0.5, 0.6) is 0 Å². The van der Waals surface area contributed by atoms with Crippen LogP contribution in [0.2, 0.25) is 0 Å². The molecule has 1 aromatic rings. The van der Waals surface area contributed by atoms with E-state index < -0.39 is 10.0 Å². The standard InChI is InChI=1S/C16H28N2O2S/c1-6-8-13(4)18-21(19,20)16-10-15(11-17-7-2)9-12(3)14(16)5/h9-10,13,17-18H,6-8,11H2,1-5H3. The van der Waals surface area contributed by atoms with Gasteiger partial charge in [-0.1, -0.05) is 26.3 Å². The van der Waals surface area contributed by atoms with E-state index in [4.69, 9.17) is 0 Å². The summed E-state index contributed by atoms with van der Waals surface area (Å²) in [5, 5.41) is 3.24. The maximum Gasteiger partial charge on any atom is 0.241 e. The predicted octanol–water partition coefficient (Wildman–Crippen LogP) is 2.88. The lowest BCUT2D eigenvalue weighted by molar-refractivity contribution is 0.543. The highest BCUT2D eigenvalue weighted by atomic mass is 32.2. The van der Waals surface area contributed by atoms with Crippen molar-refractivity contribution in [2.75, 3.05) is 6.54 Å². The second-order valence-electron chi connectivity index (χ2n) is 5.63. The molecule has 1 unspecified atom stereocenters. The molecule has 0 heterocycles. The number of nitrogens with one attached hydrogen (secondary N) is 2. The fraction of sp³-hybridized carbons (Fsp3) is 0.625. The normalized spacial score (nSPS) is 13.4. The summed E-state index contributed by atoms with van der Waals surface area (Å²) in [4.78, 5) is 0.401. The Morgan fingerprint density at radius 3 is 2.43 bits per heavy atom. The summed E-state index contributed by atoms with van der Waals surface area (Å²) in [6.07, 6.45) is 1.80. The molecule has 1 atom stereocenters. The van der Waals surface area contributed by atoms with Crippen LogP contribution in [0.15, 0.2) is 17.0 Å². The largest absolute Gasteiger partial charge is 0.313 e. The van der Waals surface area contributed by atoms with Gasteiger partial charge in [0.2, 0.25) is 10.0 Å². The Bertz CT molecular complexity index is 568. The first kappa shape index (κ1) is 18.1. The lowest BCUT2D eigenvalue weighted by Gasteiger charge is -2.17. The maximum absolute atomic E-state index is 12.6. The third-order valence-corrected chi connectivity index (χ3v) is 5.34. The molecule has 120 valence electrons. The predicted molar refractivity (Wildman–Crippen MR) is 88.0 cm³/mol. The van der Waals surface area contributed by atoms with Crippen LogP contribution < -0.4 is 10.0 Å². The van der Waals surface area contributed by atoms with Gasteiger partial charge in [0.1, 0.15) is 0 Å². The van der Waals surface area contributed by atoms with Gasteiger partial charge in [-0.05, 0) is 56.5 Å². The topological polar surface area (TPSA) is 58.2 Å². The van der Waals surface area contributed by atoms with Gasteiger partial charge in [-0.3, -0.25) is 0 Å². The van der Waals surface area contributed by atoms with Gasteiger partial charge in [0, 0.05) is 12.6 Å². The molecule has 1 aromatic carbocycles. The van der Waals surface area contributed by atoms with Gasteiger partial charge in [-0.15, -0.1) is 0 Å². The molecular weight excluding hydrogens is 284 g/mol. The summed E-state index contributed by atoms with van der Waals surface area (Å²) in [6, 6.07) is 3.79. The molecule has 0 saturated heterocycles. The van der Waals surface area contributed by atoms with E-state index in [2.05, 4.69) is 17.0 Å². The first-order valence-electron chi connectivity index (χ1n) is 7.65. The Kier molecular flexibility index (Phi) is 6.84. The molecule has 2 N–H and O–H groups in total. The first-order valence-corrected chi connectivity index (χ1v) is 9.13. The number of benzene rings is 1. The summed E-state index contributed by atoms with van der Waals surface area (Å²) in [7, 11) is -3.46. The molecular formula is C16H28N2O2S. The maximum atomic E-state index is 12.6. The molecule has 1 rings (SSSR count). The Morgan fingerprint density at radius 1 is 1.19 bits per heavy atom. The zero-order valence-corrected chi connectivity index (χ0v) is 14.6. The second-order valence-corrected chi connectivity index (χ2v) is 7.31. The average Bonchev–Trinajstić information content (AvgIpc) is 2.39. The first-order chi connectivity index (χ1) is 9.81. The molecule has 4 nitrogen and oxygen atoms in total. The number of rotatable bonds is 8. The molecule has 0 amide bonds. The van der Waals surface area contributed by atoms with Gasteiger partial charge in [0.25, 0.3) is 0 Å². The van der Waals surface area contributed by atoms with Crippen LogP contribution in [-0.4, -0.2) is 21.0 Å². The van der Waals surface area contributed by atoms with Crippen molar-refractivity contribution in [3.63, 3.8) is 0 Å². The summed E-state index contributed by atoms with van der Waals surface area (Å²) >= 11 is 0. The van der Waals surface area contributed by atoms with Crippen LogP contribution in [0.4, 0.5) is 0 Å². The van der Waals surface area contributed by atoms with Crippen LogP contribution in [0.3, 0.4) is 0 Å². The molecule has 0 bridgehead atoms. The Balaban J connectivity index is 3.12. The second kappa shape index (κ2) is 7.92. The van der Waals surface area contributed by atoms with Crippen molar-refractivity contribution < 1.29 is 8.42 Å². The van der Waals surface area contributed by atoms with Crippen LogP contribution in [-0.2, 0) is 16.6 Å². The van der Waals surface area contributed by atoms with E-state index >= 15 is 0 Å². The average molecular weight is 312 g/mol. The number of hydrogen-bond acceptors (Lipinski definition) is 3. The zero-order valence-electron chi connectivity index (χ0n) is 13.8. The zero-order chi connectivity index (χ0) is 16.0. The molecule has 21 heavy (non-hydrogen) atoms. The van der Waals surface area contributed by atoms with Crippen molar-refractivity contribution in [2.24, 2.45) is 0 Å². The van der Waals surface area contributed by atoms with Gasteiger partial charge in [-0.2, -0.15) is 0 Å². The molecule has 0 saturated carbocycles. The van der Waals surface area contributed by atoms with Gasteiger partial charge in [-0.25, -0.2) is 13.1 Å². The highest BCUT2D eigenvalue weighted by Crippen LogP contribution is 2.21. The van der Waals surface area contributed by atoms with Crippen LogP contribution >= 0.6 is 0 Å². The highest BCUT2D eigenvalue weighted by molar-refractivity contribution is 7.89. The summed E-state index contributed by atoms with van der Waals surface area (Å²) in [5.74, 6) is 0. The molecule has 0 aliphatic heterocycles. The van der Waals surface area contributed by atoms with E-state index in [0.29, 0.717) is 11.4 Å². The van der Waals surface area contributed by atoms with Gasteiger partial charge < -0.3 is 5.32 Å². The van der Waals surface area contributed by atoms with Crippen molar-refractivity contribution in [1.29, 1.82) is 0 Å². The molecule has 0 spiro atoms. The minimum atomic E-state index is -3.46. The van der Waals surface area contributed by atoms with Gasteiger partial charge in [0.15, 0.2) is 0 Å². The summed E-state index contributed by atoms with van der Waals surface area (Å²) in [5.41, 5.74) is 2.84. The molecule has 0 radical (unpaired) electrons. The van der Waals surface area contributed by atoms with Crippen LogP contribution in [0.25, 0.3) is 0 Å². The molecule has 0 aliphatic carbocycles. The lowest BCUT2D eigenvalue weighted by atomic mass is 10.1. The summed E-state index contributed by atoms with van der Waals surface area (Å²) in [6.45, 7) is 11.4. The van der Waals surface area contributed by atoms with E-state index in [9.17, 15) is 8.42 Å². The van der Waals surface area contributed by atoms with E-state index in [0.717, 1.165) is 36.1 Å².